The van der Waals surface area contributed by atoms with E-state index in [0.717, 1.165) is 11.3 Å². The number of aromatic nitrogens is 2. The van der Waals surface area contributed by atoms with Crippen molar-refractivity contribution in [3.8, 4) is 5.75 Å². The molecule has 1 atom stereocenters. The zero-order chi connectivity index (χ0) is 12.5. The minimum absolute atomic E-state index is 0.0143. The molecule has 1 unspecified atom stereocenters. The predicted molar refractivity (Wildman–Crippen MR) is 62.5 cm³/mol. The molecule has 1 N–H and O–H groups in total. The Morgan fingerprint density at radius 2 is 2.17 bits per heavy atom. The molecule has 0 amide bonds. The number of para-hydroxylation sites is 1. The Kier molecular flexibility index (Phi) is 2.44. The van der Waals surface area contributed by atoms with Gasteiger partial charge in [0.25, 0.3) is 0 Å². The predicted octanol–water partition coefficient (Wildman–Crippen LogP) is 1.85. The third-order valence-electron chi connectivity index (χ3n) is 2.83. The van der Waals surface area contributed by atoms with E-state index in [1.54, 1.807) is 0 Å². The van der Waals surface area contributed by atoms with Gasteiger partial charge in [-0.15, -0.1) is 0 Å². The first-order valence-electron chi connectivity index (χ1n) is 5.55. The van der Waals surface area contributed by atoms with Gasteiger partial charge in [-0.3, -0.25) is 0 Å². The minimum atomic E-state index is -1.06. The molecule has 0 bridgehead atoms. The van der Waals surface area contributed by atoms with Crippen LogP contribution < -0.4 is 4.74 Å². The number of benzene rings is 1. The first-order valence-corrected chi connectivity index (χ1v) is 5.55. The van der Waals surface area contributed by atoms with E-state index in [-0.39, 0.29) is 11.8 Å². The van der Waals surface area contributed by atoms with Crippen molar-refractivity contribution >= 4 is 5.97 Å². The van der Waals surface area contributed by atoms with Gasteiger partial charge in [-0.05, 0) is 17.7 Å². The highest BCUT2D eigenvalue weighted by Crippen LogP contribution is 2.34. The SMILES string of the molecule is O=C(O)c1ccnc(C2Cc3ccccc3O2)n1. The van der Waals surface area contributed by atoms with Gasteiger partial charge >= 0.3 is 5.97 Å². The normalized spacial score (nSPS) is 17.0. The molecule has 1 aliphatic heterocycles. The molecular weight excluding hydrogens is 232 g/mol. The van der Waals surface area contributed by atoms with Crippen molar-refractivity contribution in [3.63, 3.8) is 0 Å². The number of carboxylic acids is 1. The number of aromatic carboxylic acids is 1. The Labute approximate surface area is 103 Å². The maximum Gasteiger partial charge on any atom is 0.354 e. The molecule has 0 aliphatic carbocycles. The second-order valence-electron chi connectivity index (χ2n) is 4.02. The molecule has 5 nitrogen and oxygen atoms in total. The van der Waals surface area contributed by atoms with E-state index >= 15 is 0 Å². The Bertz CT molecular complexity index is 588. The van der Waals surface area contributed by atoms with E-state index in [0.29, 0.717) is 12.2 Å². The van der Waals surface area contributed by atoms with E-state index < -0.39 is 5.97 Å². The van der Waals surface area contributed by atoms with Gasteiger partial charge in [0.1, 0.15) is 5.75 Å². The van der Waals surface area contributed by atoms with Gasteiger partial charge in [-0.25, -0.2) is 14.8 Å². The molecule has 2 heterocycles. The highest BCUT2D eigenvalue weighted by molar-refractivity contribution is 5.85. The zero-order valence-electron chi connectivity index (χ0n) is 9.41. The monoisotopic (exact) mass is 242 g/mol. The molecule has 18 heavy (non-hydrogen) atoms. The van der Waals surface area contributed by atoms with E-state index in [2.05, 4.69) is 9.97 Å². The smallest absolute Gasteiger partial charge is 0.354 e. The molecule has 1 aliphatic rings. The molecule has 0 spiro atoms. The number of ether oxygens (including phenoxy) is 1. The highest BCUT2D eigenvalue weighted by atomic mass is 16.5. The average Bonchev–Trinajstić information content (AvgIpc) is 2.82. The second kappa shape index (κ2) is 4.10. The molecule has 2 aromatic rings. The summed E-state index contributed by atoms with van der Waals surface area (Å²) >= 11 is 0. The fraction of sp³-hybridized carbons (Fsp3) is 0.154. The van der Waals surface area contributed by atoms with Gasteiger partial charge < -0.3 is 9.84 Å². The van der Waals surface area contributed by atoms with E-state index in [9.17, 15) is 4.79 Å². The molecule has 5 heteroatoms. The molecule has 0 radical (unpaired) electrons. The summed E-state index contributed by atoms with van der Waals surface area (Å²) in [6, 6.07) is 9.08. The van der Waals surface area contributed by atoms with Gasteiger partial charge in [0.2, 0.25) is 0 Å². The molecule has 3 rings (SSSR count). The van der Waals surface area contributed by atoms with Crippen LogP contribution in [0.25, 0.3) is 0 Å². The molecule has 90 valence electrons. The van der Waals surface area contributed by atoms with Crippen LogP contribution in [0.4, 0.5) is 0 Å². The van der Waals surface area contributed by atoms with Crippen molar-refractivity contribution in [1.82, 2.24) is 9.97 Å². The number of hydrogen-bond acceptors (Lipinski definition) is 4. The van der Waals surface area contributed by atoms with E-state index in [4.69, 9.17) is 9.84 Å². The summed E-state index contributed by atoms with van der Waals surface area (Å²) in [4.78, 5) is 18.9. The van der Waals surface area contributed by atoms with Crippen LogP contribution >= 0.6 is 0 Å². The standard InChI is InChI=1S/C13H10N2O3/c16-13(17)9-5-6-14-12(15-9)11-7-8-3-1-2-4-10(8)18-11/h1-6,11H,7H2,(H,16,17). The van der Waals surface area contributed by atoms with Crippen LogP contribution in [-0.2, 0) is 6.42 Å². The summed E-state index contributed by atoms with van der Waals surface area (Å²) in [6.07, 6.45) is 1.80. The van der Waals surface area contributed by atoms with E-state index in [1.807, 2.05) is 24.3 Å². The van der Waals surface area contributed by atoms with Crippen molar-refractivity contribution in [1.29, 1.82) is 0 Å². The Morgan fingerprint density at radius 3 is 2.94 bits per heavy atom. The number of carbonyl (C=O) groups is 1. The molecule has 1 aromatic heterocycles. The van der Waals surface area contributed by atoms with Crippen LogP contribution in [0, 0.1) is 0 Å². The van der Waals surface area contributed by atoms with Crippen LogP contribution in [0.3, 0.4) is 0 Å². The topological polar surface area (TPSA) is 72.3 Å². The summed E-state index contributed by atoms with van der Waals surface area (Å²) in [6.45, 7) is 0. The van der Waals surface area contributed by atoms with Gasteiger partial charge in [0.05, 0.1) is 0 Å². The zero-order valence-corrected chi connectivity index (χ0v) is 9.41. The maximum absolute atomic E-state index is 10.9. The van der Waals surface area contributed by atoms with E-state index in [1.165, 1.54) is 12.3 Å². The highest BCUT2D eigenvalue weighted by Gasteiger charge is 2.26. The lowest BCUT2D eigenvalue weighted by Crippen LogP contribution is -2.11. The van der Waals surface area contributed by atoms with Crippen LogP contribution in [0.15, 0.2) is 36.5 Å². The molecule has 0 saturated heterocycles. The van der Waals surface area contributed by atoms with Gasteiger partial charge in [-0.1, -0.05) is 18.2 Å². The van der Waals surface area contributed by atoms with Crippen LogP contribution in [0.5, 0.6) is 5.75 Å². The summed E-state index contributed by atoms with van der Waals surface area (Å²) in [5.41, 5.74) is 1.08. The first kappa shape index (κ1) is 10.7. The van der Waals surface area contributed by atoms with Crippen molar-refractivity contribution in [3.05, 3.63) is 53.6 Å². The molecule has 0 saturated carbocycles. The third-order valence-corrected chi connectivity index (χ3v) is 2.83. The summed E-state index contributed by atoms with van der Waals surface area (Å²) < 4.78 is 5.71. The largest absolute Gasteiger partial charge is 0.482 e. The molecule has 1 aromatic carbocycles. The van der Waals surface area contributed by atoms with Crippen molar-refractivity contribution in [2.24, 2.45) is 0 Å². The van der Waals surface area contributed by atoms with Crippen molar-refractivity contribution in [2.75, 3.05) is 0 Å². The Balaban J connectivity index is 1.90. The fourth-order valence-electron chi connectivity index (χ4n) is 1.97. The Hall–Kier alpha value is -2.43. The molecular formula is C13H10N2O3. The van der Waals surface area contributed by atoms with Crippen molar-refractivity contribution < 1.29 is 14.6 Å². The Morgan fingerprint density at radius 1 is 1.33 bits per heavy atom. The summed E-state index contributed by atoms with van der Waals surface area (Å²) in [5, 5.41) is 8.89. The number of fused-ring (bicyclic) bond motifs is 1. The molecule has 0 fully saturated rings. The average molecular weight is 242 g/mol. The van der Waals surface area contributed by atoms with Crippen LogP contribution in [0.1, 0.15) is 28.0 Å². The summed E-state index contributed by atoms with van der Waals surface area (Å²) in [7, 11) is 0. The first-order chi connectivity index (χ1) is 8.74. The maximum atomic E-state index is 10.9. The quantitative estimate of drug-likeness (QED) is 0.870. The number of nitrogens with zero attached hydrogens (tertiary/aromatic N) is 2. The fourth-order valence-corrected chi connectivity index (χ4v) is 1.97. The van der Waals surface area contributed by atoms with Gasteiger partial charge in [-0.2, -0.15) is 0 Å². The minimum Gasteiger partial charge on any atom is -0.482 e. The van der Waals surface area contributed by atoms with Gasteiger partial charge in [0.15, 0.2) is 17.6 Å². The van der Waals surface area contributed by atoms with Crippen molar-refractivity contribution in [2.45, 2.75) is 12.5 Å². The number of hydrogen-bond donors (Lipinski definition) is 1. The van der Waals surface area contributed by atoms with Crippen LogP contribution in [0.2, 0.25) is 0 Å². The third kappa shape index (κ3) is 1.79. The lowest BCUT2D eigenvalue weighted by Gasteiger charge is -2.08. The van der Waals surface area contributed by atoms with Gasteiger partial charge in [0, 0.05) is 12.6 Å². The second-order valence-corrected chi connectivity index (χ2v) is 4.02. The van der Waals surface area contributed by atoms with Crippen LogP contribution in [-0.4, -0.2) is 21.0 Å². The number of carboxylic acid groups (broad SMARTS) is 1. The lowest BCUT2D eigenvalue weighted by molar-refractivity contribution is 0.0689. The lowest BCUT2D eigenvalue weighted by atomic mass is 10.1. The summed E-state index contributed by atoms with van der Waals surface area (Å²) in [5.74, 6) is 0.159. The number of rotatable bonds is 2.